The van der Waals surface area contributed by atoms with Crippen LogP contribution in [0.3, 0.4) is 0 Å². The molecular formula is C19H22N2O5S. The Morgan fingerprint density at radius 3 is 2.11 bits per heavy atom. The van der Waals surface area contributed by atoms with E-state index < -0.39 is 16.1 Å². The largest absolute Gasteiger partial charge is 0.481 e. The minimum Gasteiger partial charge on any atom is -0.481 e. The molecule has 2 N–H and O–H groups in total. The molecule has 2 aromatic carbocycles. The minimum absolute atomic E-state index is 0.119. The Morgan fingerprint density at radius 2 is 1.59 bits per heavy atom. The summed E-state index contributed by atoms with van der Waals surface area (Å²) in [6.45, 7) is 5.06. The Kier molecular flexibility index (Phi) is 6.70. The van der Waals surface area contributed by atoms with E-state index in [1.807, 2.05) is 0 Å². The summed E-state index contributed by atoms with van der Waals surface area (Å²) < 4.78 is 32.2. The number of rotatable bonds is 8. The molecule has 2 aromatic rings. The molecule has 0 aliphatic rings. The Hall–Kier alpha value is -2.71. The zero-order chi connectivity index (χ0) is 20.0. The number of sulfonamides is 1. The first-order valence-corrected chi connectivity index (χ1v) is 9.85. The lowest BCUT2D eigenvalue weighted by Gasteiger charge is -2.15. The Labute approximate surface area is 158 Å². The van der Waals surface area contributed by atoms with E-state index in [4.69, 9.17) is 4.74 Å². The van der Waals surface area contributed by atoms with E-state index in [1.54, 1.807) is 45.0 Å². The molecule has 7 nitrogen and oxygen atoms in total. The van der Waals surface area contributed by atoms with Crippen LogP contribution in [0.5, 0.6) is 5.75 Å². The van der Waals surface area contributed by atoms with Gasteiger partial charge in [0.05, 0.1) is 4.90 Å². The number of amides is 1. The third kappa shape index (κ3) is 5.90. The second-order valence-electron chi connectivity index (χ2n) is 6.24. The molecule has 0 saturated carbocycles. The first-order chi connectivity index (χ1) is 12.7. The van der Waals surface area contributed by atoms with E-state index >= 15 is 0 Å². The average Bonchev–Trinajstić information content (AvgIpc) is 2.61. The second-order valence-corrected chi connectivity index (χ2v) is 7.95. The Morgan fingerprint density at radius 1 is 1.00 bits per heavy atom. The maximum absolute atomic E-state index is 12.2. The van der Waals surface area contributed by atoms with Crippen molar-refractivity contribution in [2.45, 2.75) is 37.8 Å². The number of hydrogen-bond donors (Lipinski definition) is 2. The number of carbonyl (C=O) groups is 2. The highest BCUT2D eigenvalue weighted by Gasteiger charge is 2.17. The molecule has 0 unspecified atom stereocenters. The van der Waals surface area contributed by atoms with Crippen molar-refractivity contribution in [3.63, 3.8) is 0 Å². The molecule has 0 aliphatic heterocycles. The number of carbonyl (C=O) groups excluding carboxylic acids is 2. The van der Waals surface area contributed by atoms with Crippen LogP contribution in [-0.4, -0.2) is 32.8 Å². The lowest BCUT2D eigenvalue weighted by atomic mass is 10.2. The van der Waals surface area contributed by atoms with Gasteiger partial charge in [0, 0.05) is 17.3 Å². The van der Waals surface area contributed by atoms with Gasteiger partial charge < -0.3 is 10.1 Å². The third-order valence-corrected chi connectivity index (χ3v) is 5.20. The fraction of sp³-hybridized carbons (Fsp3) is 0.263. The van der Waals surface area contributed by atoms with Crippen molar-refractivity contribution in [1.29, 1.82) is 0 Å². The molecule has 0 fully saturated rings. The molecule has 0 radical (unpaired) electrons. The summed E-state index contributed by atoms with van der Waals surface area (Å²) in [7, 11) is -3.58. The molecule has 2 rings (SSSR count). The van der Waals surface area contributed by atoms with Gasteiger partial charge in [0.15, 0.2) is 6.10 Å². The van der Waals surface area contributed by atoms with Gasteiger partial charge in [-0.3, -0.25) is 9.59 Å². The number of anilines is 1. The smallest absolute Gasteiger partial charge is 0.265 e. The van der Waals surface area contributed by atoms with Crippen LogP contribution in [-0.2, 0) is 14.8 Å². The van der Waals surface area contributed by atoms with Crippen molar-refractivity contribution in [3.8, 4) is 5.75 Å². The molecule has 0 bridgehead atoms. The van der Waals surface area contributed by atoms with E-state index in [1.165, 1.54) is 24.3 Å². The molecule has 0 saturated heterocycles. The number of aldehydes is 1. The van der Waals surface area contributed by atoms with Gasteiger partial charge in [-0.25, -0.2) is 13.1 Å². The predicted octanol–water partition coefficient (Wildman–Crippen LogP) is 2.59. The summed E-state index contributed by atoms with van der Waals surface area (Å²) in [4.78, 5) is 23.0. The van der Waals surface area contributed by atoms with Crippen LogP contribution in [0.15, 0.2) is 53.4 Å². The zero-order valence-electron chi connectivity index (χ0n) is 15.3. The van der Waals surface area contributed by atoms with Gasteiger partial charge in [-0.15, -0.1) is 0 Å². The van der Waals surface area contributed by atoms with Crippen LogP contribution in [0.4, 0.5) is 5.69 Å². The van der Waals surface area contributed by atoms with Crippen LogP contribution in [0.1, 0.15) is 31.1 Å². The molecule has 0 aliphatic carbocycles. The highest BCUT2D eigenvalue weighted by molar-refractivity contribution is 7.89. The van der Waals surface area contributed by atoms with E-state index in [2.05, 4.69) is 10.0 Å². The van der Waals surface area contributed by atoms with Crippen LogP contribution in [0.25, 0.3) is 0 Å². The summed E-state index contributed by atoms with van der Waals surface area (Å²) in [5.41, 5.74) is 0.969. The lowest BCUT2D eigenvalue weighted by Crippen LogP contribution is -2.31. The molecule has 144 valence electrons. The molecule has 27 heavy (non-hydrogen) atoms. The number of hydrogen-bond acceptors (Lipinski definition) is 5. The summed E-state index contributed by atoms with van der Waals surface area (Å²) in [5, 5.41) is 2.67. The zero-order valence-corrected chi connectivity index (χ0v) is 16.1. The second kappa shape index (κ2) is 8.79. The van der Waals surface area contributed by atoms with E-state index in [-0.39, 0.29) is 16.8 Å². The molecule has 0 spiro atoms. The van der Waals surface area contributed by atoms with E-state index in [0.717, 1.165) is 6.29 Å². The summed E-state index contributed by atoms with van der Waals surface area (Å²) >= 11 is 0. The van der Waals surface area contributed by atoms with Gasteiger partial charge in [-0.1, -0.05) is 0 Å². The SMILES string of the molecule is CC(C)NS(=O)(=O)c1ccc(NC(=O)[C@H](C)Oc2ccc(C=O)cc2)cc1. The maximum atomic E-state index is 12.2. The molecule has 0 aromatic heterocycles. The van der Waals surface area contributed by atoms with Gasteiger partial charge >= 0.3 is 0 Å². The standard InChI is InChI=1S/C19H22N2O5S/c1-13(2)21-27(24,25)18-10-6-16(7-11-18)20-19(23)14(3)26-17-8-4-15(12-22)5-9-17/h4-14,21H,1-3H3,(H,20,23)/t14-/m0/s1. The normalized spacial score (nSPS) is 12.4. The predicted molar refractivity (Wildman–Crippen MR) is 102 cm³/mol. The quantitative estimate of drug-likeness (QED) is 0.675. The number of benzene rings is 2. The lowest BCUT2D eigenvalue weighted by molar-refractivity contribution is -0.122. The van der Waals surface area contributed by atoms with Crippen molar-refractivity contribution in [2.24, 2.45) is 0 Å². The summed E-state index contributed by atoms with van der Waals surface area (Å²) in [5.74, 6) is 0.0785. The van der Waals surface area contributed by atoms with Crippen molar-refractivity contribution in [1.82, 2.24) is 4.72 Å². The molecule has 0 heterocycles. The number of ether oxygens (including phenoxy) is 1. The Bertz CT molecular complexity index is 891. The van der Waals surface area contributed by atoms with Gasteiger partial charge in [-0.2, -0.15) is 0 Å². The van der Waals surface area contributed by atoms with Crippen LogP contribution >= 0.6 is 0 Å². The summed E-state index contributed by atoms with van der Waals surface area (Å²) in [6.07, 6.45) is -0.0569. The first-order valence-electron chi connectivity index (χ1n) is 8.36. The van der Waals surface area contributed by atoms with Gasteiger partial charge in [0.2, 0.25) is 10.0 Å². The molecule has 1 amide bonds. The van der Waals surface area contributed by atoms with Crippen molar-refractivity contribution < 1.29 is 22.7 Å². The Balaban J connectivity index is 1.99. The van der Waals surface area contributed by atoms with Gasteiger partial charge in [-0.05, 0) is 69.3 Å². The van der Waals surface area contributed by atoms with Crippen molar-refractivity contribution in [2.75, 3.05) is 5.32 Å². The maximum Gasteiger partial charge on any atom is 0.265 e. The number of nitrogens with one attached hydrogen (secondary N) is 2. The first kappa shape index (κ1) is 20.6. The summed E-state index contributed by atoms with van der Waals surface area (Å²) in [6, 6.07) is 12.1. The van der Waals surface area contributed by atoms with Crippen LogP contribution in [0, 0.1) is 0 Å². The van der Waals surface area contributed by atoms with Crippen molar-refractivity contribution in [3.05, 3.63) is 54.1 Å². The fourth-order valence-corrected chi connectivity index (χ4v) is 3.47. The minimum atomic E-state index is -3.58. The molecule has 1 atom stereocenters. The monoisotopic (exact) mass is 390 g/mol. The fourth-order valence-electron chi connectivity index (χ4n) is 2.22. The van der Waals surface area contributed by atoms with Gasteiger partial charge in [0.25, 0.3) is 5.91 Å². The highest BCUT2D eigenvalue weighted by atomic mass is 32.2. The third-order valence-electron chi connectivity index (χ3n) is 3.52. The van der Waals surface area contributed by atoms with Crippen LogP contribution in [0.2, 0.25) is 0 Å². The topological polar surface area (TPSA) is 102 Å². The van der Waals surface area contributed by atoms with E-state index in [9.17, 15) is 18.0 Å². The molecular weight excluding hydrogens is 368 g/mol. The average molecular weight is 390 g/mol. The molecule has 8 heteroatoms. The van der Waals surface area contributed by atoms with E-state index in [0.29, 0.717) is 17.0 Å². The van der Waals surface area contributed by atoms with Gasteiger partial charge in [0.1, 0.15) is 12.0 Å². The van der Waals surface area contributed by atoms with Crippen LogP contribution < -0.4 is 14.8 Å². The van der Waals surface area contributed by atoms with Crippen molar-refractivity contribution >= 4 is 27.9 Å². The highest BCUT2D eigenvalue weighted by Crippen LogP contribution is 2.16.